The van der Waals surface area contributed by atoms with Crippen LogP contribution in [0, 0.1) is 5.92 Å². The number of carbonyl (C=O) groups excluding carboxylic acids is 2. The second kappa shape index (κ2) is 11.3. The number of benzene rings is 2. The number of nitrogens with zero attached hydrogens (tertiary/aromatic N) is 4. The number of hydrogen-bond donors (Lipinski definition) is 3. The molecule has 4 aromatic rings. The standard InChI is InChI=1S/C28H28N6O5/c1-17(28(37)38)39-24-12-11-23(25(32-24)27(36)29-15-18-5-4-6-18)31-26(35)22-10-9-19(16-34-14-13-30-33-34)20-7-2-3-8-21(20)22/h2-3,7-14,17-18H,4-6,15-16H2,1H3,(H,29,36)(H,31,35)(H,37,38). The number of aromatic nitrogens is 4. The zero-order valence-corrected chi connectivity index (χ0v) is 21.3. The summed E-state index contributed by atoms with van der Waals surface area (Å²) in [6, 6.07) is 14.1. The van der Waals surface area contributed by atoms with Gasteiger partial charge in [0.1, 0.15) is 0 Å². The molecule has 1 atom stereocenters. The van der Waals surface area contributed by atoms with Crippen molar-refractivity contribution in [3.05, 3.63) is 77.7 Å². The van der Waals surface area contributed by atoms with Crippen molar-refractivity contribution >= 4 is 34.2 Å². The van der Waals surface area contributed by atoms with E-state index in [2.05, 4.69) is 25.9 Å². The first-order chi connectivity index (χ1) is 18.9. The molecule has 0 saturated heterocycles. The third kappa shape index (κ3) is 5.87. The summed E-state index contributed by atoms with van der Waals surface area (Å²) in [5.41, 5.74) is 1.54. The van der Waals surface area contributed by atoms with Gasteiger partial charge in [-0.1, -0.05) is 42.0 Å². The van der Waals surface area contributed by atoms with Gasteiger partial charge in [-0.05, 0) is 54.2 Å². The largest absolute Gasteiger partial charge is 0.479 e. The molecular weight excluding hydrogens is 500 g/mol. The maximum atomic E-state index is 13.5. The number of ether oxygens (including phenoxy) is 1. The molecule has 5 rings (SSSR count). The summed E-state index contributed by atoms with van der Waals surface area (Å²) in [6.07, 6.45) is 5.46. The highest BCUT2D eigenvalue weighted by molar-refractivity contribution is 6.15. The molecule has 200 valence electrons. The minimum Gasteiger partial charge on any atom is -0.479 e. The fraction of sp³-hybridized carbons (Fsp3) is 0.286. The number of rotatable bonds is 10. The van der Waals surface area contributed by atoms with Crippen molar-refractivity contribution in [3.8, 4) is 5.88 Å². The fourth-order valence-corrected chi connectivity index (χ4v) is 4.41. The Morgan fingerprint density at radius 1 is 1.08 bits per heavy atom. The van der Waals surface area contributed by atoms with Gasteiger partial charge >= 0.3 is 5.97 Å². The van der Waals surface area contributed by atoms with Crippen LogP contribution in [0.4, 0.5) is 5.69 Å². The Kier molecular flexibility index (Phi) is 7.48. The van der Waals surface area contributed by atoms with E-state index in [0.29, 0.717) is 24.6 Å². The number of aliphatic carboxylic acids is 1. The van der Waals surface area contributed by atoms with Crippen LogP contribution < -0.4 is 15.4 Å². The van der Waals surface area contributed by atoms with E-state index in [1.54, 1.807) is 23.1 Å². The molecule has 2 aromatic heterocycles. The molecule has 11 nitrogen and oxygen atoms in total. The van der Waals surface area contributed by atoms with Gasteiger partial charge in [0.2, 0.25) is 5.88 Å². The number of pyridine rings is 1. The molecule has 1 aliphatic carbocycles. The molecule has 2 heterocycles. The Labute approximate surface area is 224 Å². The van der Waals surface area contributed by atoms with Gasteiger partial charge in [0.15, 0.2) is 11.8 Å². The van der Waals surface area contributed by atoms with Crippen molar-refractivity contribution in [2.24, 2.45) is 5.92 Å². The Balaban J connectivity index is 1.43. The summed E-state index contributed by atoms with van der Waals surface area (Å²) >= 11 is 0. The van der Waals surface area contributed by atoms with Gasteiger partial charge in [-0.2, -0.15) is 0 Å². The maximum absolute atomic E-state index is 13.5. The molecule has 0 aliphatic heterocycles. The van der Waals surface area contributed by atoms with Crippen LogP contribution >= 0.6 is 0 Å². The molecule has 0 bridgehead atoms. The topological polar surface area (TPSA) is 148 Å². The van der Waals surface area contributed by atoms with E-state index in [1.807, 2.05) is 30.3 Å². The van der Waals surface area contributed by atoms with Crippen molar-refractivity contribution < 1.29 is 24.2 Å². The lowest BCUT2D eigenvalue weighted by atomic mass is 9.85. The first-order valence-electron chi connectivity index (χ1n) is 12.7. The molecular formula is C28H28N6O5. The third-order valence-corrected chi connectivity index (χ3v) is 6.82. The number of nitrogens with one attached hydrogen (secondary N) is 2. The second-order valence-corrected chi connectivity index (χ2v) is 9.52. The molecule has 11 heteroatoms. The lowest BCUT2D eigenvalue weighted by Crippen LogP contribution is -2.33. The monoisotopic (exact) mass is 528 g/mol. The third-order valence-electron chi connectivity index (χ3n) is 6.82. The molecule has 2 aromatic carbocycles. The first-order valence-corrected chi connectivity index (χ1v) is 12.7. The summed E-state index contributed by atoms with van der Waals surface area (Å²) in [5.74, 6) is -1.66. The Morgan fingerprint density at radius 2 is 1.87 bits per heavy atom. The lowest BCUT2D eigenvalue weighted by molar-refractivity contribution is -0.144. The highest BCUT2D eigenvalue weighted by atomic mass is 16.5. The fourth-order valence-electron chi connectivity index (χ4n) is 4.41. The number of amides is 2. The van der Waals surface area contributed by atoms with E-state index >= 15 is 0 Å². The molecule has 1 fully saturated rings. The summed E-state index contributed by atoms with van der Waals surface area (Å²) in [7, 11) is 0. The second-order valence-electron chi connectivity index (χ2n) is 9.52. The molecule has 0 radical (unpaired) electrons. The number of anilines is 1. The quantitative estimate of drug-likeness (QED) is 0.283. The van der Waals surface area contributed by atoms with E-state index < -0.39 is 23.9 Å². The predicted octanol–water partition coefficient (Wildman–Crippen LogP) is 3.51. The number of hydrogen-bond acceptors (Lipinski definition) is 7. The SMILES string of the molecule is CC(Oc1ccc(NC(=O)c2ccc(Cn3ccnn3)c3ccccc23)c(C(=O)NCC2CCC2)n1)C(=O)O. The predicted molar refractivity (Wildman–Crippen MR) is 143 cm³/mol. The maximum Gasteiger partial charge on any atom is 0.344 e. The van der Waals surface area contributed by atoms with E-state index in [4.69, 9.17) is 4.74 Å². The van der Waals surface area contributed by atoms with Crippen LogP contribution in [0.25, 0.3) is 10.8 Å². The Bertz CT molecular complexity index is 1520. The van der Waals surface area contributed by atoms with E-state index in [9.17, 15) is 19.5 Å². The van der Waals surface area contributed by atoms with Crippen molar-refractivity contribution in [1.29, 1.82) is 0 Å². The van der Waals surface area contributed by atoms with E-state index in [0.717, 1.165) is 35.6 Å². The van der Waals surface area contributed by atoms with Gasteiger partial charge in [-0.15, -0.1) is 5.10 Å². The molecule has 3 N–H and O–H groups in total. The van der Waals surface area contributed by atoms with Gasteiger partial charge in [-0.25, -0.2) is 14.5 Å². The molecule has 39 heavy (non-hydrogen) atoms. The average Bonchev–Trinajstić information content (AvgIpc) is 3.41. The van der Waals surface area contributed by atoms with Crippen molar-refractivity contribution in [3.63, 3.8) is 0 Å². The average molecular weight is 529 g/mol. The van der Waals surface area contributed by atoms with E-state index in [1.165, 1.54) is 19.1 Å². The van der Waals surface area contributed by atoms with Gasteiger partial charge < -0.3 is 20.5 Å². The Morgan fingerprint density at radius 3 is 2.56 bits per heavy atom. The van der Waals surface area contributed by atoms with Crippen molar-refractivity contribution in [1.82, 2.24) is 25.3 Å². The van der Waals surface area contributed by atoms with Crippen LogP contribution in [-0.4, -0.2) is 55.5 Å². The number of fused-ring (bicyclic) bond motifs is 1. The zero-order valence-electron chi connectivity index (χ0n) is 21.3. The van der Waals surface area contributed by atoms with Crippen LogP contribution in [-0.2, 0) is 11.3 Å². The molecule has 1 saturated carbocycles. The summed E-state index contributed by atoms with van der Waals surface area (Å²) in [6.45, 7) is 2.37. The smallest absolute Gasteiger partial charge is 0.344 e. The summed E-state index contributed by atoms with van der Waals surface area (Å²) in [5, 5.41) is 24.4. The minimum atomic E-state index is -1.16. The van der Waals surface area contributed by atoms with Crippen LogP contribution in [0.5, 0.6) is 5.88 Å². The highest BCUT2D eigenvalue weighted by Gasteiger charge is 2.23. The van der Waals surface area contributed by atoms with Crippen LogP contribution in [0.3, 0.4) is 0 Å². The molecule has 2 amide bonds. The van der Waals surface area contributed by atoms with Crippen molar-refractivity contribution in [2.45, 2.75) is 38.8 Å². The number of carboxylic acid groups (broad SMARTS) is 1. The molecule has 0 spiro atoms. The number of carbonyl (C=O) groups is 3. The van der Waals surface area contributed by atoms with Gasteiger partial charge in [0.05, 0.1) is 18.4 Å². The molecule has 1 unspecified atom stereocenters. The van der Waals surface area contributed by atoms with E-state index in [-0.39, 0.29) is 17.3 Å². The van der Waals surface area contributed by atoms with Crippen molar-refractivity contribution in [2.75, 3.05) is 11.9 Å². The van der Waals surface area contributed by atoms with Gasteiger partial charge in [0, 0.05) is 24.4 Å². The highest BCUT2D eigenvalue weighted by Crippen LogP contribution is 2.27. The minimum absolute atomic E-state index is 0.0281. The van der Waals surface area contributed by atoms with Gasteiger partial charge in [-0.3, -0.25) is 9.59 Å². The first kappa shape index (κ1) is 25.8. The molecule has 1 aliphatic rings. The van der Waals surface area contributed by atoms with Crippen LogP contribution in [0.1, 0.15) is 52.6 Å². The number of carboxylic acids is 1. The van der Waals surface area contributed by atoms with Crippen LogP contribution in [0.15, 0.2) is 60.9 Å². The zero-order chi connectivity index (χ0) is 27.4. The lowest BCUT2D eigenvalue weighted by Gasteiger charge is -2.25. The van der Waals surface area contributed by atoms with Gasteiger partial charge in [0.25, 0.3) is 11.8 Å². The Hall–Kier alpha value is -4.80. The van der Waals surface area contributed by atoms with Crippen LogP contribution in [0.2, 0.25) is 0 Å². The summed E-state index contributed by atoms with van der Waals surface area (Å²) < 4.78 is 7.07. The summed E-state index contributed by atoms with van der Waals surface area (Å²) in [4.78, 5) is 42.1. The normalized spacial score (nSPS) is 13.9.